The lowest BCUT2D eigenvalue weighted by molar-refractivity contribution is -0.0204. The SMILES string of the molecule is N#CCC1O[C@@H](CO)[C@H](O)[C@@H]1O. The summed E-state index contributed by atoms with van der Waals surface area (Å²) in [4.78, 5) is 0. The molecule has 1 aliphatic heterocycles. The molecule has 0 aromatic heterocycles. The molecule has 1 rings (SSSR count). The summed E-state index contributed by atoms with van der Waals surface area (Å²) in [6.07, 6.45) is -3.58. The van der Waals surface area contributed by atoms with Crippen molar-refractivity contribution in [3.05, 3.63) is 0 Å². The number of aliphatic hydroxyl groups excluding tert-OH is 3. The second-order valence-corrected chi connectivity index (χ2v) is 2.74. The average molecular weight is 173 g/mol. The van der Waals surface area contributed by atoms with Gasteiger partial charge >= 0.3 is 0 Å². The van der Waals surface area contributed by atoms with Crippen molar-refractivity contribution in [3.8, 4) is 6.07 Å². The lowest BCUT2D eigenvalue weighted by atomic mass is 10.1. The molecule has 0 radical (unpaired) electrons. The van der Waals surface area contributed by atoms with Gasteiger partial charge in [0.2, 0.25) is 0 Å². The van der Waals surface area contributed by atoms with Gasteiger partial charge in [0.1, 0.15) is 18.3 Å². The normalized spacial score (nSPS) is 41.2. The molecule has 0 bridgehead atoms. The Bertz CT molecular complexity index is 190. The minimum atomic E-state index is -1.09. The molecule has 68 valence electrons. The Morgan fingerprint density at radius 3 is 2.25 bits per heavy atom. The van der Waals surface area contributed by atoms with Crippen molar-refractivity contribution in [1.82, 2.24) is 0 Å². The molecule has 0 amide bonds. The van der Waals surface area contributed by atoms with Crippen molar-refractivity contribution in [3.63, 3.8) is 0 Å². The molecular weight excluding hydrogens is 162 g/mol. The van der Waals surface area contributed by atoms with E-state index in [1.54, 1.807) is 0 Å². The first-order valence-corrected chi connectivity index (χ1v) is 3.70. The van der Waals surface area contributed by atoms with E-state index in [1.807, 2.05) is 6.07 Å². The van der Waals surface area contributed by atoms with Gasteiger partial charge in [0.05, 0.1) is 25.2 Å². The molecule has 5 heteroatoms. The summed E-state index contributed by atoms with van der Waals surface area (Å²) in [6, 6.07) is 1.83. The Kier molecular flexibility index (Phi) is 3.00. The number of nitriles is 1. The van der Waals surface area contributed by atoms with Crippen LogP contribution in [-0.2, 0) is 4.74 Å². The van der Waals surface area contributed by atoms with Crippen molar-refractivity contribution in [1.29, 1.82) is 5.26 Å². The predicted molar refractivity (Wildman–Crippen MR) is 38.0 cm³/mol. The van der Waals surface area contributed by atoms with Gasteiger partial charge in [-0.1, -0.05) is 0 Å². The molecule has 4 atom stereocenters. The molecule has 1 saturated heterocycles. The molecule has 1 aliphatic rings. The van der Waals surface area contributed by atoms with E-state index in [0.29, 0.717) is 0 Å². The van der Waals surface area contributed by atoms with Crippen LogP contribution in [0.4, 0.5) is 0 Å². The van der Waals surface area contributed by atoms with Crippen LogP contribution in [0.1, 0.15) is 6.42 Å². The second-order valence-electron chi connectivity index (χ2n) is 2.74. The Morgan fingerprint density at radius 1 is 1.25 bits per heavy atom. The van der Waals surface area contributed by atoms with Crippen LogP contribution in [0.15, 0.2) is 0 Å². The molecule has 12 heavy (non-hydrogen) atoms. The zero-order chi connectivity index (χ0) is 9.14. The van der Waals surface area contributed by atoms with Gasteiger partial charge < -0.3 is 20.1 Å². The number of hydrogen-bond acceptors (Lipinski definition) is 5. The highest BCUT2D eigenvalue weighted by molar-refractivity contribution is 4.94. The highest BCUT2D eigenvalue weighted by Crippen LogP contribution is 2.22. The molecule has 0 aromatic rings. The van der Waals surface area contributed by atoms with E-state index in [2.05, 4.69) is 0 Å². The second kappa shape index (κ2) is 3.83. The molecule has 1 fully saturated rings. The summed E-state index contributed by atoms with van der Waals surface area (Å²) < 4.78 is 5.00. The summed E-state index contributed by atoms with van der Waals surface area (Å²) in [5.74, 6) is 0. The van der Waals surface area contributed by atoms with Crippen molar-refractivity contribution in [2.45, 2.75) is 30.8 Å². The van der Waals surface area contributed by atoms with Gasteiger partial charge in [-0.05, 0) is 0 Å². The van der Waals surface area contributed by atoms with Crippen molar-refractivity contribution < 1.29 is 20.1 Å². The predicted octanol–water partition coefficient (Wildman–Crippen LogP) is -1.62. The average Bonchev–Trinajstić information content (AvgIpc) is 2.33. The Morgan fingerprint density at radius 2 is 1.83 bits per heavy atom. The smallest absolute Gasteiger partial charge is 0.111 e. The summed E-state index contributed by atoms with van der Waals surface area (Å²) >= 11 is 0. The maximum Gasteiger partial charge on any atom is 0.111 e. The fraction of sp³-hybridized carbons (Fsp3) is 0.857. The molecule has 0 spiro atoms. The number of nitrogens with zero attached hydrogens (tertiary/aromatic N) is 1. The molecule has 0 aromatic carbocycles. The highest BCUT2D eigenvalue weighted by Gasteiger charge is 2.41. The van der Waals surface area contributed by atoms with Crippen molar-refractivity contribution >= 4 is 0 Å². The standard InChI is InChI=1S/C7H11NO4/c8-2-1-4-6(10)7(11)5(3-9)12-4/h4-7,9-11H,1,3H2/t4?,5-,6+,7-/m0/s1. The first-order chi connectivity index (χ1) is 5.70. The summed E-state index contributed by atoms with van der Waals surface area (Å²) in [6.45, 7) is -0.347. The fourth-order valence-corrected chi connectivity index (χ4v) is 1.24. The minimum absolute atomic E-state index is 0.0225. The third kappa shape index (κ3) is 1.57. The minimum Gasteiger partial charge on any atom is -0.394 e. The van der Waals surface area contributed by atoms with Crippen LogP contribution in [0.3, 0.4) is 0 Å². The van der Waals surface area contributed by atoms with Crippen LogP contribution in [0.5, 0.6) is 0 Å². The number of aliphatic hydroxyl groups is 3. The first-order valence-electron chi connectivity index (χ1n) is 3.70. The fourth-order valence-electron chi connectivity index (χ4n) is 1.24. The van der Waals surface area contributed by atoms with Gasteiger partial charge in [0, 0.05) is 0 Å². The zero-order valence-electron chi connectivity index (χ0n) is 6.42. The number of ether oxygens (including phenoxy) is 1. The number of hydrogen-bond donors (Lipinski definition) is 3. The largest absolute Gasteiger partial charge is 0.394 e. The molecule has 5 nitrogen and oxygen atoms in total. The van der Waals surface area contributed by atoms with Gasteiger partial charge in [-0.15, -0.1) is 0 Å². The quantitative estimate of drug-likeness (QED) is 0.466. The maximum atomic E-state index is 9.25. The van der Waals surface area contributed by atoms with Crippen LogP contribution in [-0.4, -0.2) is 46.3 Å². The van der Waals surface area contributed by atoms with Gasteiger partial charge in [-0.25, -0.2) is 0 Å². The van der Waals surface area contributed by atoms with Crippen LogP contribution in [0.2, 0.25) is 0 Å². The van der Waals surface area contributed by atoms with Gasteiger partial charge in [0.25, 0.3) is 0 Å². The number of rotatable bonds is 2. The lowest BCUT2D eigenvalue weighted by Crippen LogP contribution is -2.33. The highest BCUT2D eigenvalue weighted by atomic mass is 16.6. The third-order valence-corrected chi connectivity index (χ3v) is 1.93. The zero-order valence-corrected chi connectivity index (χ0v) is 6.42. The summed E-state index contributed by atoms with van der Waals surface area (Å²) in [5.41, 5.74) is 0. The van der Waals surface area contributed by atoms with Gasteiger partial charge in [-0.2, -0.15) is 5.26 Å². The summed E-state index contributed by atoms with van der Waals surface area (Å²) in [7, 11) is 0. The van der Waals surface area contributed by atoms with E-state index >= 15 is 0 Å². The van der Waals surface area contributed by atoms with Crippen LogP contribution in [0, 0.1) is 11.3 Å². The molecule has 1 heterocycles. The van der Waals surface area contributed by atoms with Crippen LogP contribution < -0.4 is 0 Å². The Hall–Kier alpha value is -0.670. The molecule has 3 N–H and O–H groups in total. The molecule has 0 aliphatic carbocycles. The first kappa shape index (κ1) is 9.42. The third-order valence-electron chi connectivity index (χ3n) is 1.93. The van der Waals surface area contributed by atoms with Crippen molar-refractivity contribution in [2.75, 3.05) is 6.61 Å². The van der Waals surface area contributed by atoms with E-state index in [9.17, 15) is 10.2 Å². The van der Waals surface area contributed by atoms with Gasteiger partial charge in [-0.3, -0.25) is 0 Å². The van der Waals surface area contributed by atoms with E-state index in [1.165, 1.54) is 0 Å². The van der Waals surface area contributed by atoms with Gasteiger partial charge in [0.15, 0.2) is 0 Å². The van der Waals surface area contributed by atoms with Crippen molar-refractivity contribution in [2.24, 2.45) is 0 Å². The van der Waals surface area contributed by atoms with Crippen LogP contribution in [0.25, 0.3) is 0 Å². The lowest BCUT2D eigenvalue weighted by Gasteiger charge is -2.10. The molecular formula is C7H11NO4. The Labute approximate surface area is 69.8 Å². The van der Waals surface area contributed by atoms with E-state index in [4.69, 9.17) is 15.1 Å². The van der Waals surface area contributed by atoms with Crippen LogP contribution >= 0.6 is 0 Å². The monoisotopic (exact) mass is 173 g/mol. The Balaban J connectivity index is 2.55. The van der Waals surface area contributed by atoms with E-state index < -0.39 is 24.4 Å². The maximum absolute atomic E-state index is 9.25. The molecule has 1 unspecified atom stereocenters. The van der Waals surface area contributed by atoms with E-state index in [0.717, 1.165) is 0 Å². The van der Waals surface area contributed by atoms with E-state index in [-0.39, 0.29) is 13.0 Å². The summed E-state index contributed by atoms with van der Waals surface area (Å²) in [5, 5.41) is 35.4. The topological polar surface area (TPSA) is 93.7 Å². The molecule has 0 saturated carbocycles.